The van der Waals surface area contributed by atoms with Gasteiger partial charge in [-0.1, -0.05) is 24.3 Å². The van der Waals surface area contributed by atoms with Gasteiger partial charge in [0, 0.05) is 25.0 Å². The monoisotopic (exact) mass is 246 g/mol. The van der Waals surface area contributed by atoms with Crippen molar-refractivity contribution in [2.75, 3.05) is 6.54 Å². The summed E-state index contributed by atoms with van der Waals surface area (Å²) in [5, 5.41) is 6.40. The van der Waals surface area contributed by atoms with Crippen LogP contribution in [0.2, 0.25) is 0 Å². The fraction of sp³-hybridized carbons (Fsp3) is 0.533. The van der Waals surface area contributed by atoms with Crippen LogP contribution in [-0.2, 0) is 4.79 Å². The van der Waals surface area contributed by atoms with E-state index in [0.29, 0.717) is 18.5 Å². The molecule has 1 fully saturated rings. The molecule has 0 aliphatic heterocycles. The maximum absolute atomic E-state index is 11.5. The van der Waals surface area contributed by atoms with Crippen molar-refractivity contribution < 1.29 is 4.79 Å². The summed E-state index contributed by atoms with van der Waals surface area (Å²) in [6.07, 6.45) is 2.87. The molecule has 3 nitrogen and oxygen atoms in total. The number of carbonyl (C=O) groups is 1. The van der Waals surface area contributed by atoms with Crippen LogP contribution in [0.3, 0.4) is 0 Å². The lowest BCUT2D eigenvalue weighted by Gasteiger charge is -2.16. The Balaban J connectivity index is 1.72. The molecule has 0 bridgehead atoms. The van der Waals surface area contributed by atoms with Gasteiger partial charge in [-0.15, -0.1) is 0 Å². The van der Waals surface area contributed by atoms with Gasteiger partial charge < -0.3 is 10.6 Å². The molecule has 0 unspecified atom stereocenters. The number of rotatable bonds is 6. The Morgan fingerprint density at radius 1 is 1.39 bits per heavy atom. The number of benzene rings is 1. The third-order valence-corrected chi connectivity index (χ3v) is 3.40. The van der Waals surface area contributed by atoms with E-state index < -0.39 is 0 Å². The molecule has 0 saturated heterocycles. The van der Waals surface area contributed by atoms with E-state index in [9.17, 15) is 4.79 Å². The summed E-state index contributed by atoms with van der Waals surface area (Å²) in [7, 11) is 0. The van der Waals surface area contributed by atoms with E-state index >= 15 is 0 Å². The molecule has 98 valence electrons. The summed E-state index contributed by atoms with van der Waals surface area (Å²) in [5.74, 6) is 0.169. The lowest BCUT2D eigenvalue weighted by Crippen LogP contribution is -2.30. The molecule has 1 aromatic carbocycles. The molecule has 0 spiro atoms. The largest absolute Gasteiger partial charge is 0.353 e. The summed E-state index contributed by atoms with van der Waals surface area (Å²) < 4.78 is 0. The Morgan fingerprint density at radius 3 is 2.78 bits per heavy atom. The van der Waals surface area contributed by atoms with Crippen LogP contribution in [0.4, 0.5) is 0 Å². The molecule has 18 heavy (non-hydrogen) atoms. The SMILES string of the molecule is Cc1ccccc1[C@H](C)NCCC(=O)NC1CC1. The highest BCUT2D eigenvalue weighted by Gasteiger charge is 2.22. The second-order valence-corrected chi connectivity index (χ2v) is 5.12. The zero-order valence-corrected chi connectivity index (χ0v) is 11.2. The first kappa shape index (κ1) is 13.1. The van der Waals surface area contributed by atoms with Crippen molar-refractivity contribution in [1.29, 1.82) is 0 Å². The topological polar surface area (TPSA) is 41.1 Å². The van der Waals surface area contributed by atoms with Crippen LogP contribution in [0.1, 0.15) is 43.4 Å². The third kappa shape index (κ3) is 3.84. The van der Waals surface area contributed by atoms with E-state index in [4.69, 9.17) is 0 Å². The second-order valence-electron chi connectivity index (χ2n) is 5.12. The number of aryl methyl sites for hydroxylation is 1. The van der Waals surface area contributed by atoms with Gasteiger partial charge in [0.2, 0.25) is 5.91 Å². The molecule has 1 saturated carbocycles. The van der Waals surface area contributed by atoms with Crippen LogP contribution in [0.25, 0.3) is 0 Å². The highest BCUT2D eigenvalue weighted by molar-refractivity contribution is 5.76. The average Bonchev–Trinajstić information content (AvgIpc) is 3.13. The van der Waals surface area contributed by atoms with E-state index in [1.165, 1.54) is 11.1 Å². The molecule has 1 aliphatic rings. The molecule has 2 rings (SSSR count). The standard InChI is InChI=1S/C15H22N2O/c1-11-5-3-4-6-14(11)12(2)16-10-9-15(18)17-13-7-8-13/h3-6,12-13,16H,7-10H2,1-2H3,(H,17,18)/t12-/m0/s1. The smallest absolute Gasteiger partial charge is 0.221 e. The van der Waals surface area contributed by atoms with Gasteiger partial charge in [0.1, 0.15) is 0 Å². The summed E-state index contributed by atoms with van der Waals surface area (Å²) in [6.45, 7) is 4.99. The van der Waals surface area contributed by atoms with Crippen molar-refractivity contribution in [2.45, 2.75) is 45.2 Å². The third-order valence-electron chi connectivity index (χ3n) is 3.40. The Hall–Kier alpha value is -1.35. The number of hydrogen-bond acceptors (Lipinski definition) is 2. The Bertz CT molecular complexity index is 413. The van der Waals surface area contributed by atoms with Gasteiger partial charge in [0.25, 0.3) is 0 Å². The lowest BCUT2D eigenvalue weighted by atomic mass is 10.0. The number of carbonyl (C=O) groups excluding carboxylic acids is 1. The Labute approximate surface area is 109 Å². The molecule has 2 N–H and O–H groups in total. The van der Waals surface area contributed by atoms with E-state index in [2.05, 4.69) is 48.7 Å². The average molecular weight is 246 g/mol. The predicted octanol–water partition coefficient (Wildman–Crippen LogP) is 2.31. The van der Waals surface area contributed by atoms with Crippen LogP contribution in [0.5, 0.6) is 0 Å². The first-order valence-electron chi connectivity index (χ1n) is 6.75. The van der Waals surface area contributed by atoms with Gasteiger partial charge in [-0.05, 0) is 37.8 Å². The molecule has 1 aromatic rings. The lowest BCUT2D eigenvalue weighted by molar-refractivity contribution is -0.121. The molecule has 1 atom stereocenters. The van der Waals surface area contributed by atoms with E-state index in [-0.39, 0.29) is 5.91 Å². The van der Waals surface area contributed by atoms with E-state index in [1.54, 1.807) is 0 Å². The van der Waals surface area contributed by atoms with Crippen LogP contribution in [-0.4, -0.2) is 18.5 Å². The van der Waals surface area contributed by atoms with Crippen molar-refractivity contribution in [3.05, 3.63) is 35.4 Å². The van der Waals surface area contributed by atoms with E-state index in [1.807, 2.05) is 0 Å². The van der Waals surface area contributed by atoms with Gasteiger partial charge in [-0.3, -0.25) is 4.79 Å². The molecule has 0 aromatic heterocycles. The fourth-order valence-corrected chi connectivity index (χ4v) is 2.11. The minimum absolute atomic E-state index is 0.169. The first-order valence-corrected chi connectivity index (χ1v) is 6.75. The molecule has 1 amide bonds. The highest BCUT2D eigenvalue weighted by Crippen LogP contribution is 2.19. The maximum Gasteiger partial charge on any atom is 0.221 e. The van der Waals surface area contributed by atoms with Crippen molar-refractivity contribution in [2.24, 2.45) is 0 Å². The van der Waals surface area contributed by atoms with Gasteiger partial charge in [0.15, 0.2) is 0 Å². The fourth-order valence-electron chi connectivity index (χ4n) is 2.11. The van der Waals surface area contributed by atoms with Crippen LogP contribution >= 0.6 is 0 Å². The zero-order valence-electron chi connectivity index (χ0n) is 11.2. The highest BCUT2D eigenvalue weighted by atomic mass is 16.1. The summed E-state index contributed by atoms with van der Waals surface area (Å²) in [4.78, 5) is 11.5. The van der Waals surface area contributed by atoms with Crippen LogP contribution < -0.4 is 10.6 Å². The van der Waals surface area contributed by atoms with Crippen molar-refractivity contribution in [3.63, 3.8) is 0 Å². The first-order chi connectivity index (χ1) is 8.66. The molecular weight excluding hydrogens is 224 g/mol. The number of hydrogen-bond donors (Lipinski definition) is 2. The van der Waals surface area contributed by atoms with Crippen molar-refractivity contribution in [3.8, 4) is 0 Å². The zero-order chi connectivity index (χ0) is 13.0. The van der Waals surface area contributed by atoms with Gasteiger partial charge in [0.05, 0.1) is 0 Å². The minimum atomic E-state index is 0.169. The van der Waals surface area contributed by atoms with Gasteiger partial charge >= 0.3 is 0 Å². The van der Waals surface area contributed by atoms with Gasteiger partial charge in [-0.2, -0.15) is 0 Å². The predicted molar refractivity (Wildman–Crippen MR) is 73.4 cm³/mol. The van der Waals surface area contributed by atoms with E-state index in [0.717, 1.165) is 19.4 Å². The summed E-state index contributed by atoms with van der Waals surface area (Å²) in [6, 6.07) is 9.12. The Morgan fingerprint density at radius 2 is 2.11 bits per heavy atom. The number of amides is 1. The van der Waals surface area contributed by atoms with Crippen molar-refractivity contribution in [1.82, 2.24) is 10.6 Å². The molecule has 3 heteroatoms. The normalized spacial score (nSPS) is 16.3. The molecular formula is C15H22N2O. The minimum Gasteiger partial charge on any atom is -0.353 e. The van der Waals surface area contributed by atoms with Crippen molar-refractivity contribution >= 4 is 5.91 Å². The molecule has 0 heterocycles. The quantitative estimate of drug-likeness (QED) is 0.808. The molecule has 1 aliphatic carbocycles. The summed E-state index contributed by atoms with van der Waals surface area (Å²) >= 11 is 0. The van der Waals surface area contributed by atoms with Gasteiger partial charge in [-0.25, -0.2) is 0 Å². The molecule has 0 radical (unpaired) electrons. The summed E-state index contributed by atoms with van der Waals surface area (Å²) in [5.41, 5.74) is 2.60. The Kier molecular flexibility index (Phi) is 4.37. The van der Waals surface area contributed by atoms with Crippen LogP contribution in [0.15, 0.2) is 24.3 Å². The second kappa shape index (κ2) is 6.01. The van der Waals surface area contributed by atoms with Crippen LogP contribution in [0, 0.1) is 6.92 Å². The maximum atomic E-state index is 11.5. The number of nitrogens with one attached hydrogen (secondary N) is 2.